The standard InChI is InChI=1S/C16H25NO5S/c1-6-23(20,21)13-9-7-12(8-10-13)14(11(2)18)17-15(19)22-16(3,4)5/h7-11,14,18H,6H2,1-5H3,(H,17,19)/t11-,14+/m0/s1. The minimum atomic E-state index is -3.28. The van der Waals surface area contributed by atoms with Gasteiger partial charge in [0.25, 0.3) is 0 Å². The summed E-state index contributed by atoms with van der Waals surface area (Å²) in [6.45, 7) is 8.35. The Labute approximate surface area is 137 Å². The van der Waals surface area contributed by atoms with Crippen molar-refractivity contribution in [1.29, 1.82) is 0 Å². The third-order valence-electron chi connectivity index (χ3n) is 3.13. The van der Waals surface area contributed by atoms with E-state index in [0.29, 0.717) is 5.56 Å². The molecular formula is C16H25NO5S. The number of carbonyl (C=O) groups is 1. The number of sulfone groups is 1. The van der Waals surface area contributed by atoms with Crippen LogP contribution in [0.3, 0.4) is 0 Å². The highest BCUT2D eigenvalue weighted by molar-refractivity contribution is 7.91. The zero-order valence-electron chi connectivity index (χ0n) is 14.2. The van der Waals surface area contributed by atoms with Crippen molar-refractivity contribution in [2.45, 2.75) is 57.3 Å². The monoisotopic (exact) mass is 343 g/mol. The number of aliphatic hydroxyl groups is 1. The molecule has 2 N–H and O–H groups in total. The molecule has 0 aliphatic rings. The highest BCUT2D eigenvalue weighted by Crippen LogP contribution is 2.21. The van der Waals surface area contributed by atoms with E-state index in [4.69, 9.17) is 4.74 Å². The molecule has 130 valence electrons. The van der Waals surface area contributed by atoms with Crippen LogP contribution in [0.25, 0.3) is 0 Å². The number of ether oxygens (including phenoxy) is 1. The van der Waals surface area contributed by atoms with Crippen molar-refractivity contribution in [3.63, 3.8) is 0 Å². The Bertz CT molecular complexity index is 629. The van der Waals surface area contributed by atoms with Crippen LogP contribution in [-0.2, 0) is 14.6 Å². The fourth-order valence-electron chi connectivity index (χ4n) is 1.97. The van der Waals surface area contributed by atoms with Gasteiger partial charge in [0.15, 0.2) is 9.84 Å². The van der Waals surface area contributed by atoms with Crippen LogP contribution in [0.5, 0.6) is 0 Å². The van der Waals surface area contributed by atoms with E-state index >= 15 is 0 Å². The fourth-order valence-corrected chi connectivity index (χ4v) is 2.85. The topological polar surface area (TPSA) is 92.7 Å². The van der Waals surface area contributed by atoms with E-state index in [0.717, 1.165) is 0 Å². The van der Waals surface area contributed by atoms with Gasteiger partial charge in [0.1, 0.15) is 5.60 Å². The summed E-state index contributed by atoms with van der Waals surface area (Å²) in [7, 11) is -3.28. The first kappa shape index (κ1) is 19.4. The first-order valence-electron chi connectivity index (χ1n) is 7.46. The molecule has 23 heavy (non-hydrogen) atoms. The van der Waals surface area contributed by atoms with Gasteiger partial charge in [0.2, 0.25) is 0 Å². The first-order chi connectivity index (χ1) is 10.5. The van der Waals surface area contributed by atoms with E-state index in [2.05, 4.69) is 5.32 Å². The van der Waals surface area contributed by atoms with Crippen molar-refractivity contribution < 1.29 is 23.1 Å². The average Bonchev–Trinajstić information content (AvgIpc) is 2.43. The van der Waals surface area contributed by atoms with Gasteiger partial charge in [-0.15, -0.1) is 0 Å². The second kappa shape index (κ2) is 7.31. The molecule has 0 saturated heterocycles. The number of hydrogen-bond acceptors (Lipinski definition) is 5. The second-order valence-corrected chi connectivity index (χ2v) is 8.62. The Morgan fingerprint density at radius 1 is 1.26 bits per heavy atom. The van der Waals surface area contributed by atoms with E-state index in [1.54, 1.807) is 46.8 Å². The number of amides is 1. The van der Waals surface area contributed by atoms with Crippen molar-refractivity contribution in [2.24, 2.45) is 0 Å². The molecule has 1 aromatic carbocycles. The maximum atomic E-state index is 11.9. The SMILES string of the molecule is CCS(=O)(=O)c1ccc([C@H](NC(=O)OC(C)(C)C)[C@H](C)O)cc1. The molecule has 0 heterocycles. The molecule has 0 radical (unpaired) electrons. The van der Waals surface area contributed by atoms with Gasteiger partial charge >= 0.3 is 6.09 Å². The van der Waals surface area contributed by atoms with E-state index < -0.39 is 33.7 Å². The van der Waals surface area contributed by atoms with E-state index in [-0.39, 0.29) is 10.6 Å². The van der Waals surface area contributed by atoms with Crippen LogP contribution in [-0.4, -0.2) is 37.1 Å². The normalized spacial score (nSPS) is 14.9. The Morgan fingerprint density at radius 2 is 1.78 bits per heavy atom. The van der Waals surface area contributed by atoms with E-state index in [9.17, 15) is 18.3 Å². The van der Waals surface area contributed by atoms with E-state index in [1.807, 2.05) is 0 Å². The van der Waals surface area contributed by atoms with Crippen molar-refractivity contribution in [2.75, 3.05) is 5.75 Å². The highest BCUT2D eigenvalue weighted by atomic mass is 32.2. The van der Waals surface area contributed by atoms with E-state index in [1.165, 1.54) is 12.1 Å². The van der Waals surface area contributed by atoms with Crippen molar-refractivity contribution in [3.05, 3.63) is 29.8 Å². The summed E-state index contributed by atoms with van der Waals surface area (Å²) in [5.74, 6) is 0.0162. The maximum Gasteiger partial charge on any atom is 0.408 e. The number of aliphatic hydroxyl groups excluding tert-OH is 1. The van der Waals surface area contributed by atoms with Gasteiger partial charge in [-0.1, -0.05) is 19.1 Å². The molecule has 0 aromatic heterocycles. The van der Waals surface area contributed by atoms with Gasteiger partial charge in [0, 0.05) is 0 Å². The molecule has 0 spiro atoms. The Kier molecular flexibility index (Phi) is 6.18. The number of carbonyl (C=O) groups excluding carboxylic acids is 1. The van der Waals surface area contributed by atoms with Gasteiger partial charge in [-0.2, -0.15) is 0 Å². The summed E-state index contributed by atoms with van der Waals surface area (Å²) in [4.78, 5) is 12.1. The van der Waals surface area contributed by atoms with Crippen LogP contribution >= 0.6 is 0 Å². The molecule has 0 bridgehead atoms. The molecule has 1 amide bonds. The molecule has 0 unspecified atom stereocenters. The molecule has 7 heteroatoms. The zero-order valence-corrected chi connectivity index (χ0v) is 15.0. The summed E-state index contributed by atoms with van der Waals surface area (Å²) < 4.78 is 28.8. The van der Waals surface area contributed by atoms with Crippen LogP contribution in [0.15, 0.2) is 29.2 Å². The predicted molar refractivity (Wildman–Crippen MR) is 88.0 cm³/mol. The minimum absolute atomic E-state index is 0.0162. The Balaban J connectivity index is 2.97. The summed E-state index contributed by atoms with van der Waals surface area (Å²) in [5, 5.41) is 12.5. The number of benzene rings is 1. The summed E-state index contributed by atoms with van der Waals surface area (Å²) >= 11 is 0. The molecule has 2 atom stereocenters. The van der Waals surface area contributed by atoms with Crippen LogP contribution in [0.2, 0.25) is 0 Å². The number of hydrogen-bond donors (Lipinski definition) is 2. The molecule has 0 aliphatic carbocycles. The molecule has 0 saturated carbocycles. The van der Waals surface area contributed by atoms with Crippen LogP contribution < -0.4 is 5.32 Å². The predicted octanol–water partition coefficient (Wildman–Crippen LogP) is 2.43. The highest BCUT2D eigenvalue weighted by Gasteiger charge is 2.24. The first-order valence-corrected chi connectivity index (χ1v) is 9.12. The van der Waals surface area contributed by atoms with Crippen LogP contribution in [0, 0.1) is 0 Å². The smallest absolute Gasteiger partial charge is 0.408 e. The lowest BCUT2D eigenvalue weighted by Gasteiger charge is -2.25. The lowest BCUT2D eigenvalue weighted by atomic mass is 10.0. The molecule has 1 aromatic rings. The summed E-state index contributed by atoms with van der Waals surface area (Å²) in [6.07, 6.45) is -1.51. The zero-order chi connectivity index (χ0) is 17.8. The quantitative estimate of drug-likeness (QED) is 0.856. The largest absolute Gasteiger partial charge is 0.444 e. The molecule has 0 fully saturated rings. The third-order valence-corrected chi connectivity index (χ3v) is 4.88. The fraction of sp³-hybridized carbons (Fsp3) is 0.562. The molecule has 6 nitrogen and oxygen atoms in total. The Morgan fingerprint density at radius 3 is 2.17 bits per heavy atom. The minimum Gasteiger partial charge on any atom is -0.444 e. The van der Waals surface area contributed by atoms with Gasteiger partial charge in [0.05, 0.1) is 22.8 Å². The van der Waals surface area contributed by atoms with Gasteiger partial charge in [-0.3, -0.25) is 0 Å². The second-order valence-electron chi connectivity index (χ2n) is 6.34. The van der Waals surface area contributed by atoms with Gasteiger partial charge in [-0.05, 0) is 45.4 Å². The lowest BCUT2D eigenvalue weighted by Crippen LogP contribution is -2.38. The number of alkyl carbamates (subject to hydrolysis) is 1. The van der Waals surface area contributed by atoms with Crippen molar-refractivity contribution >= 4 is 15.9 Å². The average molecular weight is 343 g/mol. The van der Waals surface area contributed by atoms with Crippen molar-refractivity contribution in [1.82, 2.24) is 5.32 Å². The molecule has 1 rings (SSSR count). The van der Waals surface area contributed by atoms with Crippen molar-refractivity contribution in [3.8, 4) is 0 Å². The maximum absolute atomic E-state index is 11.9. The summed E-state index contributed by atoms with van der Waals surface area (Å²) in [5.41, 5.74) is -0.0484. The van der Waals surface area contributed by atoms with Crippen LogP contribution in [0.4, 0.5) is 4.79 Å². The van der Waals surface area contributed by atoms with Gasteiger partial charge < -0.3 is 15.2 Å². The molecular weight excluding hydrogens is 318 g/mol. The van der Waals surface area contributed by atoms with Crippen LogP contribution in [0.1, 0.15) is 46.2 Å². The Hall–Kier alpha value is -1.60. The number of rotatable bonds is 5. The van der Waals surface area contributed by atoms with Gasteiger partial charge in [-0.25, -0.2) is 13.2 Å². The third kappa shape index (κ3) is 5.84. The number of nitrogens with one attached hydrogen (secondary N) is 1. The lowest BCUT2D eigenvalue weighted by molar-refractivity contribution is 0.0436. The summed E-state index contributed by atoms with van der Waals surface area (Å²) in [6, 6.07) is 5.41. The molecule has 0 aliphatic heterocycles.